The second-order valence-corrected chi connectivity index (χ2v) is 11.7. The van der Waals surface area contributed by atoms with Crippen molar-refractivity contribution in [2.75, 3.05) is 25.6 Å². The van der Waals surface area contributed by atoms with Crippen LogP contribution < -0.4 is 9.44 Å². The van der Waals surface area contributed by atoms with Gasteiger partial charge in [-0.25, -0.2) is 31.1 Å². The lowest BCUT2D eigenvalue weighted by molar-refractivity contribution is 0.0292. The largest absolute Gasteiger partial charge is 0.444 e. The molecule has 0 spiro atoms. The number of hydrogen-bond donors (Lipinski definition) is 2. The van der Waals surface area contributed by atoms with Gasteiger partial charge >= 0.3 is 6.09 Å². The zero-order valence-corrected chi connectivity index (χ0v) is 18.5. The topological polar surface area (TPSA) is 122 Å². The highest BCUT2D eigenvalue weighted by molar-refractivity contribution is 7.89. The summed E-state index contributed by atoms with van der Waals surface area (Å²) >= 11 is 0. The van der Waals surface area contributed by atoms with E-state index >= 15 is 0 Å². The van der Waals surface area contributed by atoms with Gasteiger partial charge in [-0.3, -0.25) is 0 Å². The third kappa shape index (κ3) is 11.5. The molecule has 11 heteroatoms. The van der Waals surface area contributed by atoms with Gasteiger partial charge in [0.1, 0.15) is 5.60 Å². The molecule has 0 radical (unpaired) electrons. The lowest BCUT2D eigenvalue weighted by Gasteiger charge is -2.24. The summed E-state index contributed by atoms with van der Waals surface area (Å²) in [7, 11) is -6.18. The van der Waals surface area contributed by atoms with Crippen molar-refractivity contribution in [2.24, 2.45) is 0 Å². The number of nitrogens with zero attached hydrogens (tertiary/aromatic N) is 1. The summed E-state index contributed by atoms with van der Waals surface area (Å²) in [4.78, 5) is 13.2. The average molecular weight is 428 g/mol. The maximum absolute atomic E-state index is 11.7. The minimum atomic E-state index is -3.22. The molecule has 0 aromatic carbocycles. The Balaban J connectivity index is 0.000000309. The average Bonchev–Trinajstić information content (AvgIpc) is 3.05. The number of hydrogen-bond acceptors (Lipinski definition) is 6. The van der Waals surface area contributed by atoms with Gasteiger partial charge in [-0.05, 0) is 40.0 Å². The van der Waals surface area contributed by atoms with E-state index in [0.29, 0.717) is 19.5 Å². The van der Waals surface area contributed by atoms with Crippen LogP contribution in [0.4, 0.5) is 4.79 Å². The van der Waals surface area contributed by atoms with Crippen molar-refractivity contribution in [1.82, 2.24) is 14.3 Å². The van der Waals surface area contributed by atoms with Gasteiger partial charge in [0.15, 0.2) is 0 Å². The molecule has 9 nitrogen and oxygen atoms in total. The zero-order valence-electron chi connectivity index (χ0n) is 16.8. The maximum atomic E-state index is 11.7. The van der Waals surface area contributed by atoms with Gasteiger partial charge in [-0.1, -0.05) is 12.8 Å². The molecule has 2 aliphatic rings. The van der Waals surface area contributed by atoms with Crippen molar-refractivity contribution >= 4 is 26.1 Å². The third-order valence-corrected chi connectivity index (χ3v) is 5.48. The fraction of sp³-hybridized carbons (Fsp3) is 0.938. The van der Waals surface area contributed by atoms with Crippen LogP contribution >= 0.6 is 0 Å². The molecule has 0 aromatic rings. The van der Waals surface area contributed by atoms with Gasteiger partial charge in [0.2, 0.25) is 20.0 Å². The fourth-order valence-corrected chi connectivity index (χ4v) is 4.64. The first-order chi connectivity index (χ1) is 12.1. The highest BCUT2D eigenvalue weighted by Crippen LogP contribution is 2.18. The Bertz CT molecular complexity index is 694. The summed E-state index contributed by atoms with van der Waals surface area (Å²) in [5, 5.41) is 0. The molecular formula is C16H33N3O6S2. The van der Waals surface area contributed by atoms with Crippen LogP contribution in [0.3, 0.4) is 0 Å². The first kappa shape index (κ1) is 24.1. The van der Waals surface area contributed by atoms with Crippen LogP contribution in [-0.2, 0) is 24.8 Å². The lowest BCUT2D eigenvalue weighted by atomic mass is 10.2. The summed E-state index contributed by atoms with van der Waals surface area (Å²) in [6, 6.07) is 0.00696. The van der Waals surface area contributed by atoms with Gasteiger partial charge in [0.05, 0.1) is 12.5 Å². The van der Waals surface area contributed by atoms with Crippen LogP contribution in [0.2, 0.25) is 0 Å². The lowest BCUT2D eigenvalue weighted by Crippen LogP contribution is -2.39. The fourth-order valence-electron chi connectivity index (χ4n) is 3.00. The van der Waals surface area contributed by atoms with Crippen molar-refractivity contribution in [2.45, 2.75) is 70.6 Å². The third-order valence-electron chi connectivity index (χ3n) is 3.96. The molecule has 160 valence electrons. The number of amides is 1. The molecule has 27 heavy (non-hydrogen) atoms. The van der Waals surface area contributed by atoms with Crippen LogP contribution in [0.25, 0.3) is 0 Å². The van der Waals surface area contributed by atoms with Crippen molar-refractivity contribution in [3.8, 4) is 0 Å². The SMILES string of the molecule is CC(C)(C)OC(=O)N1CC[C@H](NS(C)(=O)=O)C1.CS(=O)(=O)NC1CCCC1. The molecule has 1 aliphatic carbocycles. The molecule has 1 heterocycles. The number of likely N-dealkylation sites (tertiary alicyclic amines) is 1. The number of rotatable bonds is 4. The number of carbonyl (C=O) groups excluding carboxylic acids is 1. The Kier molecular flexibility index (Phi) is 8.52. The first-order valence-electron chi connectivity index (χ1n) is 9.07. The minimum absolute atomic E-state index is 0.211. The molecule has 2 N–H and O–H groups in total. The molecule has 1 aliphatic heterocycles. The minimum Gasteiger partial charge on any atom is -0.444 e. The summed E-state index contributed by atoms with van der Waals surface area (Å²) in [5.41, 5.74) is -0.528. The molecule has 2 rings (SSSR count). The predicted octanol–water partition coefficient (Wildman–Crippen LogP) is 1.02. The Labute approximate surface area is 163 Å². The standard InChI is InChI=1S/C10H20N2O4S.C6H13NO2S/c1-10(2,3)16-9(13)12-6-5-8(7-12)11-17(4,14)15;1-10(8,9)7-6-4-2-3-5-6/h8,11H,5-7H2,1-4H3;6-7H,2-5H2,1H3/t8-;/m0./s1. The Morgan fingerprint density at radius 3 is 1.85 bits per heavy atom. The van der Waals surface area contributed by atoms with Crippen LogP contribution in [0.15, 0.2) is 0 Å². The quantitative estimate of drug-likeness (QED) is 0.691. The number of nitrogens with one attached hydrogen (secondary N) is 2. The van der Waals surface area contributed by atoms with E-state index in [-0.39, 0.29) is 12.1 Å². The van der Waals surface area contributed by atoms with E-state index in [2.05, 4.69) is 9.44 Å². The molecule has 0 aromatic heterocycles. The van der Waals surface area contributed by atoms with E-state index in [9.17, 15) is 21.6 Å². The van der Waals surface area contributed by atoms with Crippen LogP contribution in [0, 0.1) is 0 Å². The second kappa shape index (κ2) is 9.53. The van der Waals surface area contributed by atoms with Crippen LogP contribution in [0.5, 0.6) is 0 Å². The van der Waals surface area contributed by atoms with Gasteiger partial charge in [-0.15, -0.1) is 0 Å². The highest BCUT2D eigenvalue weighted by atomic mass is 32.2. The summed E-state index contributed by atoms with van der Waals surface area (Å²) in [6.07, 6.45) is 6.89. The summed E-state index contributed by atoms with van der Waals surface area (Å²) < 4.78 is 53.7. The molecular weight excluding hydrogens is 394 g/mol. The molecule has 0 unspecified atom stereocenters. The first-order valence-corrected chi connectivity index (χ1v) is 12.9. The molecule has 2 fully saturated rings. The van der Waals surface area contributed by atoms with Crippen molar-refractivity contribution in [3.63, 3.8) is 0 Å². The van der Waals surface area contributed by atoms with Crippen LogP contribution in [0.1, 0.15) is 52.9 Å². The van der Waals surface area contributed by atoms with Crippen molar-refractivity contribution < 1.29 is 26.4 Å². The smallest absolute Gasteiger partial charge is 0.410 e. The monoisotopic (exact) mass is 427 g/mol. The van der Waals surface area contributed by atoms with Gasteiger partial charge < -0.3 is 9.64 Å². The van der Waals surface area contributed by atoms with Crippen LogP contribution in [-0.4, -0.2) is 71.1 Å². The molecule has 1 saturated carbocycles. The van der Waals surface area contributed by atoms with E-state index in [1.807, 2.05) is 0 Å². The second-order valence-electron chi connectivity index (χ2n) is 8.17. The summed E-state index contributed by atoms with van der Waals surface area (Å²) in [5.74, 6) is 0. The number of carbonyl (C=O) groups is 1. The number of sulfonamides is 2. The normalized spacial score (nSPS) is 21.7. The Morgan fingerprint density at radius 1 is 0.926 bits per heavy atom. The van der Waals surface area contributed by atoms with E-state index < -0.39 is 31.7 Å². The van der Waals surface area contributed by atoms with Gasteiger partial charge in [-0.2, -0.15) is 0 Å². The predicted molar refractivity (Wildman–Crippen MR) is 104 cm³/mol. The van der Waals surface area contributed by atoms with Crippen molar-refractivity contribution in [3.05, 3.63) is 0 Å². The molecule has 0 bridgehead atoms. The van der Waals surface area contributed by atoms with E-state index in [4.69, 9.17) is 4.74 Å². The van der Waals surface area contributed by atoms with Gasteiger partial charge in [0.25, 0.3) is 0 Å². The molecule has 1 atom stereocenters. The molecule has 1 amide bonds. The summed E-state index contributed by atoms with van der Waals surface area (Å²) in [6.45, 7) is 6.28. The number of ether oxygens (including phenoxy) is 1. The highest BCUT2D eigenvalue weighted by Gasteiger charge is 2.30. The molecule has 1 saturated heterocycles. The Hall–Kier alpha value is -0.910. The maximum Gasteiger partial charge on any atom is 0.410 e. The van der Waals surface area contributed by atoms with Gasteiger partial charge in [0, 0.05) is 25.2 Å². The van der Waals surface area contributed by atoms with E-state index in [1.54, 1.807) is 20.8 Å². The van der Waals surface area contributed by atoms with Crippen molar-refractivity contribution in [1.29, 1.82) is 0 Å². The van der Waals surface area contributed by atoms with E-state index in [0.717, 1.165) is 31.9 Å². The Morgan fingerprint density at radius 2 is 1.41 bits per heavy atom. The van der Waals surface area contributed by atoms with E-state index in [1.165, 1.54) is 11.2 Å². The zero-order chi connectivity index (χ0) is 20.9.